The van der Waals surface area contributed by atoms with Crippen molar-refractivity contribution in [2.75, 3.05) is 0 Å². The number of ether oxygens (including phenoxy) is 1. The number of halogens is 1. The number of rotatable bonds is 6. The minimum absolute atomic E-state index is 0.000128. The Morgan fingerprint density at radius 1 is 1.15 bits per heavy atom. The molecule has 0 heterocycles. The minimum atomic E-state index is -0.583. The number of fused-ring (bicyclic) bond motifs is 1. The number of amides is 1. The smallest absolute Gasteiger partial charge is 0.261 e. The zero-order valence-electron chi connectivity index (χ0n) is 15.4. The molecular weight excluding hydrogens is 346 g/mol. The Morgan fingerprint density at radius 2 is 1.92 bits per heavy atom. The van der Waals surface area contributed by atoms with E-state index in [0.717, 1.165) is 12.8 Å². The van der Waals surface area contributed by atoms with Gasteiger partial charge in [-0.3, -0.25) is 4.79 Å². The highest BCUT2D eigenvalue weighted by molar-refractivity contribution is 6.30. The Kier molecular flexibility index (Phi) is 6.20. The Balaban J connectivity index is 1.66. The molecule has 0 saturated carbocycles. The fraction of sp³-hybridized carbons (Fsp3) is 0.409. The monoisotopic (exact) mass is 371 g/mol. The fourth-order valence-corrected chi connectivity index (χ4v) is 3.66. The van der Waals surface area contributed by atoms with E-state index in [4.69, 9.17) is 16.3 Å². The van der Waals surface area contributed by atoms with Gasteiger partial charge in [0.2, 0.25) is 0 Å². The summed E-state index contributed by atoms with van der Waals surface area (Å²) in [4.78, 5) is 12.6. The predicted octanol–water partition coefficient (Wildman–Crippen LogP) is 5.25. The van der Waals surface area contributed by atoms with Crippen LogP contribution in [0.1, 0.15) is 55.8 Å². The van der Waals surface area contributed by atoms with Gasteiger partial charge < -0.3 is 10.1 Å². The van der Waals surface area contributed by atoms with Gasteiger partial charge >= 0.3 is 0 Å². The summed E-state index contributed by atoms with van der Waals surface area (Å²) in [5, 5.41) is 3.72. The molecule has 0 saturated heterocycles. The lowest BCUT2D eigenvalue weighted by molar-refractivity contribution is -0.128. The lowest BCUT2D eigenvalue weighted by Crippen LogP contribution is -2.38. The summed E-state index contributed by atoms with van der Waals surface area (Å²) in [5.41, 5.74) is 4.07. The van der Waals surface area contributed by atoms with Crippen molar-refractivity contribution in [2.45, 2.75) is 58.1 Å². The van der Waals surface area contributed by atoms with Gasteiger partial charge in [-0.15, -0.1) is 0 Å². The van der Waals surface area contributed by atoms with E-state index in [1.807, 2.05) is 6.07 Å². The Morgan fingerprint density at radius 3 is 2.65 bits per heavy atom. The van der Waals surface area contributed by atoms with Gasteiger partial charge in [0.05, 0.1) is 6.04 Å². The van der Waals surface area contributed by atoms with E-state index in [1.165, 1.54) is 36.0 Å². The first-order valence-electron chi connectivity index (χ1n) is 9.41. The SMILES string of the molecule is CC[C@@H](NC(=O)[C@@H](C)Oc1cccc(Cl)c1)c1ccc2c(c1)CCCC2. The Labute approximate surface area is 160 Å². The quantitative estimate of drug-likeness (QED) is 0.752. The van der Waals surface area contributed by atoms with Gasteiger partial charge in [0, 0.05) is 5.02 Å². The van der Waals surface area contributed by atoms with Crippen molar-refractivity contribution in [3.63, 3.8) is 0 Å². The highest BCUT2D eigenvalue weighted by Gasteiger charge is 2.20. The highest BCUT2D eigenvalue weighted by Crippen LogP contribution is 2.26. The van der Waals surface area contributed by atoms with Gasteiger partial charge in [0.15, 0.2) is 6.10 Å². The molecule has 2 aromatic rings. The molecule has 3 rings (SSSR count). The summed E-state index contributed by atoms with van der Waals surface area (Å²) in [5.74, 6) is 0.483. The third-order valence-corrected chi connectivity index (χ3v) is 5.21. The van der Waals surface area contributed by atoms with Crippen LogP contribution in [-0.2, 0) is 17.6 Å². The Bertz CT molecular complexity index is 774. The summed E-state index contributed by atoms with van der Waals surface area (Å²) in [6, 6.07) is 13.8. The molecule has 138 valence electrons. The Hall–Kier alpha value is -2.00. The predicted molar refractivity (Wildman–Crippen MR) is 106 cm³/mol. The van der Waals surface area contributed by atoms with Crippen LogP contribution >= 0.6 is 11.6 Å². The first kappa shape index (κ1) is 18.8. The standard InChI is InChI=1S/C22H26ClNO2/c1-3-21(18-12-11-16-7-4-5-8-17(16)13-18)24-22(25)15(2)26-20-10-6-9-19(23)14-20/h6,9-15,21H,3-5,7-8H2,1-2H3,(H,24,25)/t15-,21-/m1/s1. The minimum Gasteiger partial charge on any atom is -0.481 e. The molecule has 0 aromatic heterocycles. The van der Waals surface area contributed by atoms with Crippen LogP contribution in [0.25, 0.3) is 0 Å². The average Bonchev–Trinajstić information content (AvgIpc) is 2.65. The van der Waals surface area contributed by atoms with Crippen LogP contribution in [-0.4, -0.2) is 12.0 Å². The van der Waals surface area contributed by atoms with E-state index < -0.39 is 6.10 Å². The largest absolute Gasteiger partial charge is 0.481 e. The maximum absolute atomic E-state index is 12.6. The van der Waals surface area contributed by atoms with Gasteiger partial charge in [0.25, 0.3) is 5.91 Å². The van der Waals surface area contributed by atoms with Crippen LogP contribution in [0.4, 0.5) is 0 Å². The fourth-order valence-electron chi connectivity index (χ4n) is 3.48. The molecule has 26 heavy (non-hydrogen) atoms. The molecule has 1 N–H and O–H groups in total. The highest BCUT2D eigenvalue weighted by atomic mass is 35.5. The number of nitrogens with one attached hydrogen (secondary N) is 1. The van der Waals surface area contributed by atoms with Gasteiger partial charge in [-0.1, -0.05) is 42.8 Å². The number of hydrogen-bond acceptors (Lipinski definition) is 2. The molecular formula is C22H26ClNO2. The van der Waals surface area contributed by atoms with E-state index in [2.05, 4.69) is 30.4 Å². The van der Waals surface area contributed by atoms with E-state index >= 15 is 0 Å². The zero-order chi connectivity index (χ0) is 18.5. The van der Waals surface area contributed by atoms with Gasteiger partial charge in [0.1, 0.15) is 5.75 Å². The van der Waals surface area contributed by atoms with Gasteiger partial charge in [-0.2, -0.15) is 0 Å². The third kappa shape index (κ3) is 4.59. The van der Waals surface area contributed by atoms with Crippen molar-refractivity contribution in [1.29, 1.82) is 0 Å². The second kappa shape index (κ2) is 8.59. The summed E-state index contributed by atoms with van der Waals surface area (Å²) < 4.78 is 5.73. The van der Waals surface area contributed by atoms with Crippen molar-refractivity contribution in [3.8, 4) is 5.75 Å². The van der Waals surface area contributed by atoms with E-state index in [-0.39, 0.29) is 11.9 Å². The number of benzene rings is 2. The molecule has 0 aliphatic heterocycles. The molecule has 4 heteroatoms. The van der Waals surface area contributed by atoms with Crippen LogP contribution in [0.15, 0.2) is 42.5 Å². The van der Waals surface area contributed by atoms with Crippen molar-refractivity contribution in [3.05, 3.63) is 64.2 Å². The molecule has 1 amide bonds. The van der Waals surface area contributed by atoms with Gasteiger partial charge in [-0.05, 0) is 73.9 Å². The normalized spacial score (nSPS) is 15.7. The van der Waals surface area contributed by atoms with Crippen molar-refractivity contribution >= 4 is 17.5 Å². The summed E-state index contributed by atoms with van der Waals surface area (Å²) in [7, 11) is 0. The molecule has 2 aromatic carbocycles. The average molecular weight is 372 g/mol. The number of carbonyl (C=O) groups is 1. The lowest BCUT2D eigenvalue weighted by atomic mass is 9.89. The summed E-state index contributed by atoms with van der Waals surface area (Å²) in [6.45, 7) is 3.85. The van der Waals surface area contributed by atoms with Gasteiger partial charge in [-0.25, -0.2) is 0 Å². The third-order valence-electron chi connectivity index (χ3n) is 4.98. The molecule has 0 radical (unpaired) electrons. The van der Waals surface area contributed by atoms with Crippen LogP contribution in [0.3, 0.4) is 0 Å². The maximum Gasteiger partial charge on any atom is 0.261 e. The molecule has 0 unspecified atom stereocenters. The maximum atomic E-state index is 12.6. The zero-order valence-corrected chi connectivity index (χ0v) is 16.2. The van der Waals surface area contributed by atoms with Crippen LogP contribution in [0, 0.1) is 0 Å². The molecule has 0 bridgehead atoms. The van der Waals surface area contributed by atoms with Crippen molar-refractivity contribution < 1.29 is 9.53 Å². The van der Waals surface area contributed by atoms with E-state index in [0.29, 0.717) is 10.8 Å². The molecule has 0 fully saturated rings. The summed E-state index contributed by atoms with van der Waals surface area (Å²) in [6.07, 6.45) is 5.10. The lowest BCUT2D eigenvalue weighted by Gasteiger charge is -2.23. The number of aryl methyl sites for hydroxylation is 2. The summed E-state index contributed by atoms with van der Waals surface area (Å²) >= 11 is 5.97. The molecule has 2 atom stereocenters. The van der Waals surface area contributed by atoms with E-state index in [9.17, 15) is 4.79 Å². The van der Waals surface area contributed by atoms with E-state index in [1.54, 1.807) is 25.1 Å². The molecule has 1 aliphatic rings. The van der Waals surface area contributed by atoms with Crippen molar-refractivity contribution in [1.82, 2.24) is 5.32 Å². The first-order valence-corrected chi connectivity index (χ1v) is 9.79. The van der Waals surface area contributed by atoms with Crippen LogP contribution in [0.2, 0.25) is 5.02 Å². The second-order valence-corrected chi connectivity index (χ2v) is 7.36. The second-order valence-electron chi connectivity index (χ2n) is 6.92. The number of hydrogen-bond donors (Lipinski definition) is 1. The van der Waals surface area contributed by atoms with Crippen molar-refractivity contribution in [2.24, 2.45) is 0 Å². The number of carbonyl (C=O) groups excluding carboxylic acids is 1. The first-order chi connectivity index (χ1) is 12.6. The molecule has 3 nitrogen and oxygen atoms in total. The molecule has 0 spiro atoms. The van der Waals surface area contributed by atoms with Crippen LogP contribution < -0.4 is 10.1 Å². The molecule has 1 aliphatic carbocycles. The van der Waals surface area contributed by atoms with Crippen LogP contribution in [0.5, 0.6) is 5.75 Å². The topological polar surface area (TPSA) is 38.3 Å².